The van der Waals surface area contributed by atoms with Crippen LogP contribution in [0.2, 0.25) is 5.02 Å². The van der Waals surface area contributed by atoms with Gasteiger partial charge in [-0.2, -0.15) is 0 Å². The van der Waals surface area contributed by atoms with E-state index in [4.69, 9.17) is 11.6 Å². The Kier molecular flexibility index (Phi) is 8.32. The van der Waals surface area contributed by atoms with Crippen LogP contribution in [0.3, 0.4) is 0 Å². The van der Waals surface area contributed by atoms with Gasteiger partial charge >= 0.3 is 0 Å². The molecular weight excluding hydrogens is 352 g/mol. The van der Waals surface area contributed by atoms with E-state index in [0.29, 0.717) is 17.3 Å². The molecule has 2 rings (SSSR count). The minimum atomic E-state index is 0.0344. The van der Waals surface area contributed by atoms with E-state index in [1.807, 2.05) is 24.3 Å². The van der Waals surface area contributed by atoms with Crippen molar-refractivity contribution in [2.75, 3.05) is 18.8 Å². The molecule has 0 aliphatic rings. The van der Waals surface area contributed by atoms with E-state index in [2.05, 4.69) is 48.3 Å². The van der Waals surface area contributed by atoms with Gasteiger partial charge in [0.2, 0.25) is 5.91 Å². The number of nitrogens with one attached hydrogen (secondary N) is 1. The Morgan fingerprint density at radius 1 is 1.00 bits per heavy atom. The van der Waals surface area contributed by atoms with Crippen LogP contribution in [0.25, 0.3) is 0 Å². The Labute approximate surface area is 159 Å². The topological polar surface area (TPSA) is 32.3 Å². The van der Waals surface area contributed by atoms with E-state index in [-0.39, 0.29) is 5.91 Å². The molecule has 134 valence electrons. The molecule has 0 aliphatic carbocycles. The molecule has 0 bridgehead atoms. The molecule has 0 aromatic heterocycles. The van der Waals surface area contributed by atoms with Crippen LogP contribution in [0, 0.1) is 0 Å². The molecule has 1 amide bonds. The maximum Gasteiger partial charge on any atom is 0.230 e. The molecule has 25 heavy (non-hydrogen) atoms. The fraction of sp³-hybridized carbons (Fsp3) is 0.350. The van der Waals surface area contributed by atoms with E-state index in [0.717, 1.165) is 30.1 Å². The molecule has 0 saturated heterocycles. The number of benzene rings is 2. The van der Waals surface area contributed by atoms with Gasteiger partial charge in [-0.05, 0) is 48.5 Å². The number of hydrogen-bond donors (Lipinski definition) is 1. The van der Waals surface area contributed by atoms with Crippen molar-refractivity contribution < 1.29 is 4.79 Å². The number of halogens is 1. The second kappa shape index (κ2) is 10.5. The number of hydrogen-bond acceptors (Lipinski definition) is 3. The summed E-state index contributed by atoms with van der Waals surface area (Å²) >= 11 is 7.37. The molecule has 0 spiro atoms. The van der Waals surface area contributed by atoms with Gasteiger partial charge in [-0.25, -0.2) is 0 Å². The van der Waals surface area contributed by atoms with Crippen LogP contribution in [0.5, 0.6) is 0 Å². The average molecular weight is 377 g/mol. The van der Waals surface area contributed by atoms with Crippen molar-refractivity contribution in [3.8, 4) is 0 Å². The SMILES string of the molecule is CCN(CC)Cc1ccc(CNC(=O)CSc2ccc(Cl)cc2)cc1. The number of nitrogens with zero attached hydrogens (tertiary/aromatic N) is 1. The van der Waals surface area contributed by atoms with Crippen LogP contribution in [0.4, 0.5) is 0 Å². The molecule has 0 saturated carbocycles. The molecule has 0 aliphatic heterocycles. The third-order valence-electron chi connectivity index (χ3n) is 4.00. The quantitative estimate of drug-likeness (QED) is 0.649. The van der Waals surface area contributed by atoms with Crippen molar-refractivity contribution in [2.45, 2.75) is 31.8 Å². The van der Waals surface area contributed by atoms with Crippen molar-refractivity contribution in [1.82, 2.24) is 10.2 Å². The van der Waals surface area contributed by atoms with Gasteiger partial charge < -0.3 is 5.32 Å². The Balaban J connectivity index is 1.74. The van der Waals surface area contributed by atoms with Gasteiger partial charge in [-0.15, -0.1) is 11.8 Å². The third-order valence-corrected chi connectivity index (χ3v) is 5.26. The molecular formula is C20H25ClN2OS. The summed E-state index contributed by atoms with van der Waals surface area (Å²) in [4.78, 5) is 15.4. The summed E-state index contributed by atoms with van der Waals surface area (Å²) in [6.07, 6.45) is 0. The van der Waals surface area contributed by atoms with Crippen molar-refractivity contribution in [3.05, 3.63) is 64.7 Å². The van der Waals surface area contributed by atoms with Crippen LogP contribution in [0.1, 0.15) is 25.0 Å². The van der Waals surface area contributed by atoms with Crippen molar-refractivity contribution in [1.29, 1.82) is 0 Å². The Bertz CT molecular complexity index is 654. The molecule has 2 aromatic carbocycles. The van der Waals surface area contributed by atoms with Crippen LogP contribution < -0.4 is 5.32 Å². The smallest absolute Gasteiger partial charge is 0.230 e. The number of carbonyl (C=O) groups is 1. The van der Waals surface area contributed by atoms with Crippen molar-refractivity contribution in [2.24, 2.45) is 0 Å². The second-order valence-corrected chi connectivity index (χ2v) is 7.28. The summed E-state index contributed by atoms with van der Waals surface area (Å²) in [6.45, 7) is 7.99. The minimum Gasteiger partial charge on any atom is -0.351 e. The molecule has 0 unspecified atom stereocenters. The van der Waals surface area contributed by atoms with Gasteiger partial charge in [0.05, 0.1) is 5.75 Å². The van der Waals surface area contributed by atoms with E-state index in [9.17, 15) is 4.79 Å². The zero-order valence-electron chi connectivity index (χ0n) is 14.8. The fourth-order valence-corrected chi connectivity index (χ4v) is 3.25. The normalized spacial score (nSPS) is 10.9. The van der Waals surface area contributed by atoms with Crippen molar-refractivity contribution >= 4 is 29.3 Å². The van der Waals surface area contributed by atoms with Gasteiger partial charge in [0.1, 0.15) is 0 Å². The molecule has 0 atom stereocenters. The van der Waals surface area contributed by atoms with Gasteiger partial charge in [0, 0.05) is 23.0 Å². The summed E-state index contributed by atoms with van der Waals surface area (Å²) in [6, 6.07) is 16.0. The summed E-state index contributed by atoms with van der Waals surface area (Å²) in [7, 11) is 0. The number of amides is 1. The lowest BCUT2D eigenvalue weighted by Crippen LogP contribution is -2.24. The molecule has 3 nitrogen and oxygen atoms in total. The molecule has 0 radical (unpaired) electrons. The number of rotatable bonds is 9. The van der Waals surface area contributed by atoms with Crippen molar-refractivity contribution in [3.63, 3.8) is 0 Å². The number of carbonyl (C=O) groups excluding carboxylic acids is 1. The predicted molar refractivity (Wildman–Crippen MR) is 107 cm³/mol. The fourth-order valence-electron chi connectivity index (χ4n) is 2.40. The highest BCUT2D eigenvalue weighted by Gasteiger charge is 2.04. The summed E-state index contributed by atoms with van der Waals surface area (Å²) in [5, 5.41) is 3.67. The summed E-state index contributed by atoms with van der Waals surface area (Å²) < 4.78 is 0. The van der Waals surface area contributed by atoms with Crippen LogP contribution in [0.15, 0.2) is 53.4 Å². The second-order valence-electron chi connectivity index (χ2n) is 5.80. The standard InChI is InChI=1S/C20H25ClN2OS/c1-3-23(4-2)14-17-7-5-16(6-8-17)13-22-20(24)15-25-19-11-9-18(21)10-12-19/h5-12H,3-4,13-15H2,1-2H3,(H,22,24). The maximum atomic E-state index is 12.0. The van der Waals surface area contributed by atoms with Gasteiger partial charge in [0.25, 0.3) is 0 Å². The lowest BCUT2D eigenvalue weighted by atomic mass is 10.1. The zero-order valence-corrected chi connectivity index (χ0v) is 16.4. The highest BCUT2D eigenvalue weighted by atomic mass is 35.5. The van der Waals surface area contributed by atoms with Crippen LogP contribution in [-0.2, 0) is 17.9 Å². The molecule has 2 aromatic rings. The first-order valence-electron chi connectivity index (χ1n) is 8.56. The lowest BCUT2D eigenvalue weighted by molar-refractivity contribution is -0.118. The summed E-state index contributed by atoms with van der Waals surface area (Å²) in [5.74, 6) is 0.439. The molecule has 0 heterocycles. The van der Waals surface area contributed by atoms with Crippen LogP contribution >= 0.6 is 23.4 Å². The van der Waals surface area contributed by atoms with E-state index in [1.165, 1.54) is 17.3 Å². The Morgan fingerprint density at radius 2 is 1.60 bits per heavy atom. The van der Waals surface area contributed by atoms with Gasteiger partial charge in [-0.3, -0.25) is 9.69 Å². The monoisotopic (exact) mass is 376 g/mol. The predicted octanol–water partition coefficient (Wildman–Crippen LogP) is 4.59. The third kappa shape index (κ3) is 7.10. The van der Waals surface area contributed by atoms with E-state index >= 15 is 0 Å². The first-order chi connectivity index (χ1) is 12.1. The Morgan fingerprint density at radius 3 is 2.20 bits per heavy atom. The highest BCUT2D eigenvalue weighted by Crippen LogP contribution is 2.20. The average Bonchev–Trinajstić information content (AvgIpc) is 2.65. The molecule has 1 N–H and O–H groups in total. The first kappa shape index (κ1) is 19.8. The minimum absolute atomic E-state index is 0.0344. The maximum absolute atomic E-state index is 12.0. The van der Waals surface area contributed by atoms with Gasteiger partial charge in [0.15, 0.2) is 0 Å². The summed E-state index contributed by atoms with van der Waals surface area (Å²) in [5.41, 5.74) is 2.42. The zero-order chi connectivity index (χ0) is 18.1. The van der Waals surface area contributed by atoms with E-state index in [1.54, 1.807) is 0 Å². The Hall–Kier alpha value is -1.49. The number of thioether (sulfide) groups is 1. The lowest BCUT2D eigenvalue weighted by Gasteiger charge is -2.18. The molecule has 0 fully saturated rings. The molecule has 5 heteroatoms. The largest absolute Gasteiger partial charge is 0.351 e. The van der Waals surface area contributed by atoms with E-state index < -0.39 is 0 Å². The van der Waals surface area contributed by atoms with Crippen LogP contribution in [-0.4, -0.2) is 29.6 Å². The highest BCUT2D eigenvalue weighted by molar-refractivity contribution is 8.00. The first-order valence-corrected chi connectivity index (χ1v) is 9.92. The van der Waals surface area contributed by atoms with Gasteiger partial charge in [-0.1, -0.05) is 49.7 Å².